The molecule has 0 aliphatic carbocycles. The minimum atomic E-state index is 0.00474. The normalized spacial score (nSPS) is 10.2. The monoisotopic (exact) mass is 332 g/mol. The maximum Gasteiger partial charge on any atom is 0.252 e. The first-order valence-corrected chi connectivity index (χ1v) is 6.48. The topological polar surface area (TPSA) is 55.1 Å². The van der Waals surface area contributed by atoms with E-state index in [4.69, 9.17) is 5.73 Å². The van der Waals surface area contributed by atoms with E-state index >= 15 is 0 Å². The fourth-order valence-corrected chi connectivity index (χ4v) is 1.99. The number of halogens is 1. The summed E-state index contributed by atoms with van der Waals surface area (Å²) in [6, 6.07) is 5.77. The number of nitrogens with two attached hydrogens (primary N) is 1. The summed E-state index contributed by atoms with van der Waals surface area (Å²) in [5, 5.41) is 2.90. The molecule has 1 aromatic carbocycles. The van der Waals surface area contributed by atoms with E-state index in [1.54, 1.807) is 0 Å². The fourth-order valence-electron chi connectivity index (χ4n) is 1.39. The molecule has 0 radical (unpaired) electrons. The molecule has 1 aromatic rings. The number of benzene rings is 1. The van der Waals surface area contributed by atoms with Gasteiger partial charge >= 0.3 is 0 Å². The molecule has 1 rings (SSSR count). The van der Waals surface area contributed by atoms with E-state index < -0.39 is 0 Å². The van der Waals surface area contributed by atoms with Crippen molar-refractivity contribution in [3.8, 4) is 0 Å². The van der Waals surface area contributed by atoms with Crippen LogP contribution in [0.4, 0.5) is 0 Å². The Balaban J connectivity index is 2.56. The van der Waals surface area contributed by atoms with E-state index in [2.05, 4.69) is 27.9 Å². The Morgan fingerprint density at radius 3 is 2.88 bits per heavy atom. The Bertz CT molecular complexity index is 366. The van der Waals surface area contributed by atoms with Gasteiger partial charge in [0.15, 0.2) is 0 Å². The second kappa shape index (κ2) is 6.85. The highest BCUT2D eigenvalue weighted by Gasteiger charge is 2.09. The largest absolute Gasteiger partial charge is 0.352 e. The van der Waals surface area contributed by atoms with Crippen LogP contribution in [0.15, 0.2) is 18.2 Å². The first-order valence-electron chi connectivity index (χ1n) is 5.40. The third-order valence-electron chi connectivity index (χ3n) is 2.35. The van der Waals surface area contributed by atoms with Crippen molar-refractivity contribution in [2.24, 2.45) is 5.73 Å². The third-order valence-corrected chi connectivity index (χ3v) is 3.78. The summed E-state index contributed by atoms with van der Waals surface area (Å²) < 4.78 is 1.02. The molecule has 3 nitrogen and oxygen atoms in total. The molecule has 16 heavy (non-hydrogen) atoms. The molecule has 0 aliphatic heterocycles. The lowest BCUT2D eigenvalue weighted by atomic mass is 10.1. The maximum atomic E-state index is 11.8. The van der Waals surface area contributed by atoms with Crippen LogP contribution in [-0.2, 0) is 0 Å². The van der Waals surface area contributed by atoms with Crippen LogP contribution in [0.5, 0.6) is 0 Å². The van der Waals surface area contributed by atoms with Crippen molar-refractivity contribution in [1.82, 2.24) is 5.32 Å². The number of rotatable bonds is 5. The van der Waals surface area contributed by atoms with Crippen molar-refractivity contribution in [2.45, 2.75) is 19.8 Å². The standard InChI is InChI=1S/C12H17IN2O/c1-9-5-4-6-10(11(9)13)12(16)15-8-3-2-7-14/h4-6H,2-3,7-8,14H2,1H3,(H,15,16). The third kappa shape index (κ3) is 3.75. The molecule has 0 bridgehead atoms. The van der Waals surface area contributed by atoms with Gasteiger partial charge in [0.05, 0.1) is 5.56 Å². The summed E-state index contributed by atoms with van der Waals surface area (Å²) in [7, 11) is 0. The Kier molecular flexibility index (Phi) is 5.76. The predicted molar refractivity (Wildman–Crippen MR) is 74.5 cm³/mol. The lowest BCUT2D eigenvalue weighted by molar-refractivity contribution is 0.0952. The average Bonchev–Trinajstić information content (AvgIpc) is 2.28. The van der Waals surface area contributed by atoms with Crippen molar-refractivity contribution < 1.29 is 4.79 Å². The van der Waals surface area contributed by atoms with Crippen LogP contribution in [0.2, 0.25) is 0 Å². The number of nitrogens with one attached hydrogen (secondary N) is 1. The zero-order valence-corrected chi connectivity index (χ0v) is 11.6. The number of hydrogen-bond donors (Lipinski definition) is 2. The van der Waals surface area contributed by atoms with Crippen molar-refractivity contribution in [3.05, 3.63) is 32.9 Å². The van der Waals surface area contributed by atoms with Crippen LogP contribution in [0.1, 0.15) is 28.8 Å². The van der Waals surface area contributed by atoms with Crippen molar-refractivity contribution >= 4 is 28.5 Å². The summed E-state index contributed by atoms with van der Waals surface area (Å²) in [5.74, 6) is 0.00474. The highest BCUT2D eigenvalue weighted by atomic mass is 127. The molecule has 0 saturated carbocycles. The van der Waals surface area contributed by atoms with Gasteiger partial charge in [-0.25, -0.2) is 0 Å². The maximum absolute atomic E-state index is 11.8. The van der Waals surface area contributed by atoms with Gasteiger partial charge in [0.1, 0.15) is 0 Å². The number of unbranched alkanes of at least 4 members (excludes halogenated alkanes) is 1. The summed E-state index contributed by atoms with van der Waals surface area (Å²) in [6.45, 7) is 3.38. The highest BCUT2D eigenvalue weighted by molar-refractivity contribution is 14.1. The lowest BCUT2D eigenvalue weighted by Gasteiger charge is -2.08. The number of aryl methyl sites for hydroxylation is 1. The molecule has 1 amide bonds. The van der Waals surface area contributed by atoms with E-state index in [-0.39, 0.29) is 5.91 Å². The van der Waals surface area contributed by atoms with Crippen molar-refractivity contribution in [1.29, 1.82) is 0 Å². The van der Waals surface area contributed by atoms with Crippen molar-refractivity contribution in [3.63, 3.8) is 0 Å². The van der Waals surface area contributed by atoms with Crippen LogP contribution in [0, 0.1) is 10.5 Å². The molecule has 0 saturated heterocycles. The number of amides is 1. The second-order valence-electron chi connectivity index (χ2n) is 3.69. The second-order valence-corrected chi connectivity index (χ2v) is 4.77. The molecular formula is C12H17IN2O. The summed E-state index contributed by atoms with van der Waals surface area (Å²) >= 11 is 2.21. The zero-order valence-electron chi connectivity index (χ0n) is 9.42. The van der Waals surface area contributed by atoms with Gasteiger partial charge in [0.25, 0.3) is 5.91 Å². The first kappa shape index (κ1) is 13.4. The molecular weight excluding hydrogens is 315 g/mol. The molecule has 0 aromatic heterocycles. The van der Waals surface area contributed by atoms with Gasteiger partial charge in [0, 0.05) is 10.1 Å². The summed E-state index contributed by atoms with van der Waals surface area (Å²) in [5.41, 5.74) is 7.28. The smallest absolute Gasteiger partial charge is 0.252 e. The molecule has 0 aliphatic rings. The Hall–Kier alpha value is -0.620. The van der Waals surface area contributed by atoms with Gasteiger partial charge in [-0.3, -0.25) is 4.79 Å². The zero-order chi connectivity index (χ0) is 12.0. The van der Waals surface area contributed by atoms with Crippen LogP contribution in [0.25, 0.3) is 0 Å². The Labute approximate surface area is 110 Å². The minimum absolute atomic E-state index is 0.00474. The van der Waals surface area contributed by atoms with Gasteiger partial charge < -0.3 is 11.1 Å². The Morgan fingerprint density at radius 1 is 1.44 bits per heavy atom. The predicted octanol–water partition coefficient (Wildman–Crippen LogP) is 2.07. The van der Waals surface area contributed by atoms with Crippen LogP contribution in [-0.4, -0.2) is 19.0 Å². The van der Waals surface area contributed by atoms with Crippen LogP contribution in [0.3, 0.4) is 0 Å². The molecule has 0 atom stereocenters. The molecule has 88 valence electrons. The van der Waals surface area contributed by atoms with E-state index in [0.29, 0.717) is 13.1 Å². The van der Waals surface area contributed by atoms with Gasteiger partial charge in [-0.15, -0.1) is 0 Å². The molecule has 0 heterocycles. The quantitative estimate of drug-likeness (QED) is 0.641. The van der Waals surface area contributed by atoms with Crippen LogP contribution < -0.4 is 11.1 Å². The molecule has 0 spiro atoms. The Morgan fingerprint density at radius 2 is 2.19 bits per heavy atom. The number of carbonyl (C=O) groups is 1. The summed E-state index contributed by atoms with van der Waals surface area (Å²) in [4.78, 5) is 11.8. The number of hydrogen-bond acceptors (Lipinski definition) is 2. The van der Waals surface area contributed by atoms with E-state index in [1.807, 2.05) is 25.1 Å². The van der Waals surface area contributed by atoms with Gasteiger partial charge in [0.2, 0.25) is 0 Å². The van der Waals surface area contributed by atoms with E-state index in [0.717, 1.165) is 27.5 Å². The van der Waals surface area contributed by atoms with E-state index in [1.165, 1.54) is 0 Å². The van der Waals surface area contributed by atoms with Gasteiger partial charge in [-0.05, 0) is 60.5 Å². The molecule has 3 N–H and O–H groups in total. The average molecular weight is 332 g/mol. The molecule has 0 fully saturated rings. The van der Waals surface area contributed by atoms with Gasteiger partial charge in [-0.1, -0.05) is 12.1 Å². The number of carbonyl (C=O) groups excluding carboxylic acids is 1. The molecule has 4 heteroatoms. The minimum Gasteiger partial charge on any atom is -0.352 e. The first-order chi connectivity index (χ1) is 7.66. The highest BCUT2D eigenvalue weighted by Crippen LogP contribution is 2.16. The lowest BCUT2D eigenvalue weighted by Crippen LogP contribution is -2.25. The summed E-state index contributed by atoms with van der Waals surface area (Å²) in [6.07, 6.45) is 1.88. The van der Waals surface area contributed by atoms with E-state index in [9.17, 15) is 4.79 Å². The fraction of sp³-hybridized carbons (Fsp3) is 0.417. The molecule has 0 unspecified atom stereocenters. The SMILES string of the molecule is Cc1cccc(C(=O)NCCCCN)c1I. The van der Waals surface area contributed by atoms with Crippen LogP contribution >= 0.6 is 22.6 Å². The van der Waals surface area contributed by atoms with Gasteiger partial charge in [-0.2, -0.15) is 0 Å². The van der Waals surface area contributed by atoms with Crippen molar-refractivity contribution in [2.75, 3.05) is 13.1 Å².